The van der Waals surface area contributed by atoms with Crippen molar-refractivity contribution in [3.63, 3.8) is 0 Å². The van der Waals surface area contributed by atoms with Crippen LogP contribution in [0, 0.1) is 6.92 Å². The first-order valence-electron chi connectivity index (χ1n) is 6.83. The zero-order chi connectivity index (χ0) is 15.1. The number of carbonyl (C=O) groups is 1. The lowest BCUT2D eigenvalue weighted by Crippen LogP contribution is -2.36. The first kappa shape index (κ1) is 15.0. The van der Waals surface area contributed by atoms with Gasteiger partial charge in [0.05, 0.1) is 6.10 Å². The number of aliphatic hydroxyl groups is 1. The molecule has 5 heteroatoms. The number of aryl methyl sites for hydroxylation is 1. The number of amides is 2. The Kier molecular flexibility index (Phi) is 5.29. The fraction of sp³-hybridized carbons (Fsp3) is 0.250. The number of anilines is 1. The third-order valence-corrected chi connectivity index (χ3v) is 2.97. The Hall–Kier alpha value is -2.40. The van der Waals surface area contributed by atoms with Gasteiger partial charge in [0.1, 0.15) is 5.82 Å². The van der Waals surface area contributed by atoms with E-state index in [1.54, 1.807) is 12.3 Å². The fourth-order valence-corrected chi connectivity index (χ4v) is 1.87. The molecule has 0 saturated carbocycles. The molecule has 5 nitrogen and oxygen atoms in total. The number of rotatable bonds is 5. The summed E-state index contributed by atoms with van der Waals surface area (Å²) in [6.07, 6.45) is 1.56. The average Bonchev–Trinajstić information content (AvgIpc) is 2.49. The fourth-order valence-electron chi connectivity index (χ4n) is 1.87. The number of urea groups is 1. The minimum absolute atomic E-state index is 0.187. The number of aromatic nitrogens is 1. The maximum Gasteiger partial charge on any atom is 0.320 e. The van der Waals surface area contributed by atoms with Crippen LogP contribution in [0.15, 0.2) is 48.7 Å². The van der Waals surface area contributed by atoms with Crippen molar-refractivity contribution in [1.82, 2.24) is 10.3 Å². The summed E-state index contributed by atoms with van der Waals surface area (Å²) < 4.78 is 0. The van der Waals surface area contributed by atoms with Crippen LogP contribution in [0.25, 0.3) is 0 Å². The van der Waals surface area contributed by atoms with Gasteiger partial charge in [-0.25, -0.2) is 9.78 Å². The molecule has 1 aromatic carbocycles. The second kappa shape index (κ2) is 7.40. The molecule has 3 N–H and O–H groups in total. The first-order valence-corrected chi connectivity index (χ1v) is 6.83. The second-order valence-electron chi connectivity index (χ2n) is 4.90. The molecule has 1 aromatic heterocycles. The largest absolute Gasteiger partial charge is 0.391 e. The summed E-state index contributed by atoms with van der Waals surface area (Å²) in [6, 6.07) is 12.9. The topological polar surface area (TPSA) is 74.2 Å². The van der Waals surface area contributed by atoms with E-state index in [4.69, 9.17) is 0 Å². The van der Waals surface area contributed by atoms with Crippen molar-refractivity contribution in [2.24, 2.45) is 0 Å². The molecule has 0 radical (unpaired) electrons. The van der Waals surface area contributed by atoms with E-state index in [2.05, 4.69) is 15.6 Å². The van der Waals surface area contributed by atoms with E-state index in [0.717, 1.165) is 11.1 Å². The van der Waals surface area contributed by atoms with Crippen LogP contribution in [-0.2, 0) is 6.42 Å². The predicted molar refractivity (Wildman–Crippen MR) is 82.1 cm³/mol. The SMILES string of the molecule is Cc1ccc(NC(=O)NC[C@@H](O)Cc2ccccc2)nc1. The molecule has 0 spiro atoms. The Morgan fingerprint density at radius 2 is 2.00 bits per heavy atom. The van der Waals surface area contributed by atoms with E-state index in [0.29, 0.717) is 12.2 Å². The number of carbonyl (C=O) groups excluding carboxylic acids is 1. The summed E-state index contributed by atoms with van der Waals surface area (Å²) in [5.74, 6) is 0.482. The summed E-state index contributed by atoms with van der Waals surface area (Å²) in [7, 11) is 0. The zero-order valence-corrected chi connectivity index (χ0v) is 11.9. The van der Waals surface area contributed by atoms with Crippen LogP contribution in [0.3, 0.4) is 0 Å². The molecule has 0 aliphatic heterocycles. The predicted octanol–water partition coefficient (Wildman–Crippen LogP) is 2.12. The van der Waals surface area contributed by atoms with Gasteiger partial charge in [-0.05, 0) is 24.1 Å². The van der Waals surface area contributed by atoms with Crippen molar-refractivity contribution in [1.29, 1.82) is 0 Å². The van der Waals surface area contributed by atoms with Gasteiger partial charge in [-0.2, -0.15) is 0 Å². The van der Waals surface area contributed by atoms with E-state index < -0.39 is 6.10 Å². The van der Waals surface area contributed by atoms with E-state index in [-0.39, 0.29) is 12.6 Å². The van der Waals surface area contributed by atoms with Crippen LogP contribution in [-0.4, -0.2) is 28.8 Å². The standard InChI is InChI=1S/C16H19N3O2/c1-12-7-8-15(17-10-12)19-16(21)18-11-14(20)9-13-5-3-2-4-6-13/h2-8,10,14,20H,9,11H2,1H3,(H2,17,18,19,21)/t14-/m0/s1. The Bertz CT molecular complexity index is 570. The minimum atomic E-state index is -0.621. The maximum atomic E-state index is 11.7. The van der Waals surface area contributed by atoms with Crippen LogP contribution >= 0.6 is 0 Å². The number of benzene rings is 1. The number of nitrogens with one attached hydrogen (secondary N) is 2. The summed E-state index contributed by atoms with van der Waals surface area (Å²) in [6.45, 7) is 2.11. The maximum absolute atomic E-state index is 11.7. The van der Waals surface area contributed by atoms with Crippen LogP contribution in [0.5, 0.6) is 0 Å². The molecule has 0 bridgehead atoms. The second-order valence-corrected chi connectivity index (χ2v) is 4.90. The number of pyridine rings is 1. The highest BCUT2D eigenvalue weighted by atomic mass is 16.3. The molecule has 21 heavy (non-hydrogen) atoms. The molecule has 2 amide bonds. The molecular weight excluding hydrogens is 266 g/mol. The van der Waals surface area contributed by atoms with Gasteiger partial charge < -0.3 is 10.4 Å². The van der Waals surface area contributed by atoms with Gasteiger partial charge in [-0.15, -0.1) is 0 Å². The Morgan fingerprint density at radius 1 is 1.24 bits per heavy atom. The molecule has 0 aliphatic rings. The molecular formula is C16H19N3O2. The normalized spacial score (nSPS) is 11.7. The Labute approximate surface area is 124 Å². The van der Waals surface area contributed by atoms with Crippen molar-refractivity contribution in [3.8, 4) is 0 Å². The molecule has 2 aromatic rings. The van der Waals surface area contributed by atoms with Gasteiger partial charge in [-0.3, -0.25) is 5.32 Å². The van der Waals surface area contributed by atoms with Crippen LogP contribution in [0.1, 0.15) is 11.1 Å². The minimum Gasteiger partial charge on any atom is -0.391 e. The summed E-state index contributed by atoms with van der Waals surface area (Å²) in [5, 5.41) is 15.1. The van der Waals surface area contributed by atoms with E-state index in [1.165, 1.54) is 0 Å². The van der Waals surface area contributed by atoms with Gasteiger partial charge in [0, 0.05) is 19.2 Å². The van der Waals surface area contributed by atoms with Crippen molar-refractivity contribution in [2.45, 2.75) is 19.4 Å². The van der Waals surface area contributed by atoms with Crippen LogP contribution < -0.4 is 10.6 Å². The van der Waals surface area contributed by atoms with Gasteiger partial charge in [0.25, 0.3) is 0 Å². The number of nitrogens with zero attached hydrogens (tertiary/aromatic N) is 1. The van der Waals surface area contributed by atoms with Crippen molar-refractivity contribution in [3.05, 3.63) is 59.8 Å². The third-order valence-electron chi connectivity index (χ3n) is 2.97. The van der Waals surface area contributed by atoms with Gasteiger partial charge >= 0.3 is 6.03 Å². The van der Waals surface area contributed by atoms with Crippen molar-refractivity contribution >= 4 is 11.8 Å². The molecule has 1 atom stereocenters. The summed E-state index contributed by atoms with van der Waals surface area (Å²) in [4.78, 5) is 15.8. The van der Waals surface area contributed by atoms with Gasteiger partial charge in [0.15, 0.2) is 0 Å². The summed E-state index contributed by atoms with van der Waals surface area (Å²) >= 11 is 0. The van der Waals surface area contributed by atoms with Gasteiger partial charge in [-0.1, -0.05) is 36.4 Å². The first-order chi connectivity index (χ1) is 10.1. The van der Waals surface area contributed by atoms with E-state index in [9.17, 15) is 9.90 Å². The van der Waals surface area contributed by atoms with E-state index >= 15 is 0 Å². The van der Waals surface area contributed by atoms with E-state index in [1.807, 2.05) is 43.3 Å². The highest BCUT2D eigenvalue weighted by Crippen LogP contribution is 2.04. The molecule has 2 rings (SSSR count). The molecule has 110 valence electrons. The number of hydrogen-bond donors (Lipinski definition) is 3. The Balaban J connectivity index is 1.74. The quantitative estimate of drug-likeness (QED) is 0.787. The number of hydrogen-bond acceptors (Lipinski definition) is 3. The smallest absolute Gasteiger partial charge is 0.320 e. The lowest BCUT2D eigenvalue weighted by Gasteiger charge is -2.12. The number of aliphatic hydroxyl groups excluding tert-OH is 1. The highest BCUT2D eigenvalue weighted by Gasteiger charge is 2.08. The Morgan fingerprint density at radius 3 is 2.67 bits per heavy atom. The van der Waals surface area contributed by atoms with Crippen molar-refractivity contribution in [2.75, 3.05) is 11.9 Å². The third kappa shape index (κ3) is 5.24. The van der Waals surface area contributed by atoms with Gasteiger partial charge in [0.2, 0.25) is 0 Å². The van der Waals surface area contributed by atoms with Crippen molar-refractivity contribution < 1.29 is 9.90 Å². The van der Waals surface area contributed by atoms with Crippen LogP contribution in [0.2, 0.25) is 0 Å². The molecule has 0 unspecified atom stereocenters. The highest BCUT2D eigenvalue weighted by molar-refractivity contribution is 5.88. The average molecular weight is 285 g/mol. The molecule has 1 heterocycles. The lowest BCUT2D eigenvalue weighted by atomic mass is 10.1. The molecule has 0 aliphatic carbocycles. The monoisotopic (exact) mass is 285 g/mol. The zero-order valence-electron chi connectivity index (χ0n) is 11.9. The summed E-state index contributed by atoms with van der Waals surface area (Å²) in [5.41, 5.74) is 2.06. The van der Waals surface area contributed by atoms with Crippen LogP contribution in [0.4, 0.5) is 10.6 Å². The molecule has 0 saturated heterocycles. The lowest BCUT2D eigenvalue weighted by molar-refractivity contribution is 0.172. The molecule has 0 fully saturated rings.